The second kappa shape index (κ2) is 11.3. The van der Waals surface area contributed by atoms with Crippen molar-refractivity contribution >= 4 is 23.5 Å². The number of hydrogen-bond acceptors (Lipinski definition) is 3. The minimum absolute atomic E-state index is 0.0414. The molecule has 6 heteroatoms. The Kier molecular flexibility index (Phi) is 8.46. The molecule has 0 radical (unpaired) electrons. The van der Waals surface area contributed by atoms with Gasteiger partial charge in [-0.3, -0.25) is 9.59 Å². The van der Waals surface area contributed by atoms with Gasteiger partial charge in [-0.1, -0.05) is 30.4 Å². The van der Waals surface area contributed by atoms with Gasteiger partial charge in [-0.05, 0) is 49.2 Å². The lowest BCUT2D eigenvalue weighted by atomic mass is 10.1. The summed E-state index contributed by atoms with van der Waals surface area (Å²) in [4.78, 5) is 33.9. The number of carboxylic acids is 1. The first-order valence-electron chi connectivity index (χ1n) is 9.44. The van der Waals surface area contributed by atoms with Gasteiger partial charge in [-0.2, -0.15) is 0 Å². The van der Waals surface area contributed by atoms with Crippen molar-refractivity contribution in [1.29, 1.82) is 0 Å². The number of aromatic carboxylic acids is 1. The highest BCUT2D eigenvalue weighted by atomic mass is 16.4. The topological polar surface area (TPSA) is 95.5 Å². The number of benzene rings is 2. The summed E-state index contributed by atoms with van der Waals surface area (Å²) in [5, 5.41) is 14.6. The van der Waals surface area contributed by atoms with E-state index in [1.54, 1.807) is 30.3 Å². The van der Waals surface area contributed by atoms with Gasteiger partial charge in [0.25, 0.3) is 0 Å². The summed E-state index contributed by atoms with van der Waals surface area (Å²) in [5.41, 5.74) is 2.19. The number of carboxylic acid groups (broad SMARTS) is 1. The fourth-order valence-electron chi connectivity index (χ4n) is 2.62. The second-order valence-electron chi connectivity index (χ2n) is 6.56. The smallest absolute Gasteiger partial charge is 0.335 e. The molecule has 0 fully saturated rings. The van der Waals surface area contributed by atoms with Crippen LogP contribution in [0.15, 0.2) is 48.5 Å². The Labute approximate surface area is 170 Å². The highest BCUT2D eigenvalue weighted by Crippen LogP contribution is 2.12. The lowest BCUT2D eigenvalue weighted by Gasteiger charge is -2.06. The number of hydrogen-bond donors (Lipinski definition) is 3. The van der Waals surface area contributed by atoms with E-state index in [1.165, 1.54) is 19.1 Å². The Balaban J connectivity index is 1.87. The van der Waals surface area contributed by atoms with Crippen molar-refractivity contribution in [1.82, 2.24) is 5.32 Å². The highest BCUT2D eigenvalue weighted by Gasteiger charge is 2.04. The number of unbranched alkanes of at least 4 members (excludes halogenated alkanes) is 2. The normalized spacial score (nSPS) is 9.83. The van der Waals surface area contributed by atoms with Crippen molar-refractivity contribution in [3.05, 3.63) is 65.2 Å². The first-order chi connectivity index (χ1) is 13.9. The molecule has 3 N–H and O–H groups in total. The van der Waals surface area contributed by atoms with E-state index in [0.717, 1.165) is 24.8 Å². The van der Waals surface area contributed by atoms with Gasteiger partial charge in [0, 0.05) is 36.7 Å². The first kappa shape index (κ1) is 21.7. The van der Waals surface area contributed by atoms with Gasteiger partial charge in [0.2, 0.25) is 11.8 Å². The van der Waals surface area contributed by atoms with Crippen molar-refractivity contribution in [2.75, 3.05) is 11.9 Å². The molecular formula is C23H24N2O4. The van der Waals surface area contributed by atoms with Crippen LogP contribution in [-0.4, -0.2) is 29.4 Å². The Morgan fingerprint density at radius 2 is 1.62 bits per heavy atom. The average molecular weight is 392 g/mol. The average Bonchev–Trinajstić information content (AvgIpc) is 2.69. The monoisotopic (exact) mass is 392 g/mol. The fourth-order valence-corrected chi connectivity index (χ4v) is 2.62. The second-order valence-corrected chi connectivity index (χ2v) is 6.56. The molecule has 0 aliphatic heterocycles. The molecular weight excluding hydrogens is 368 g/mol. The minimum atomic E-state index is -0.992. The van der Waals surface area contributed by atoms with Gasteiger partial charge in [0.15, 0.2) is 0 Å². The van der Waals surface area contributed by atoms with Crippen LogP contribution in [0.2, 0.25) is 0 Å². The molecule has 0 bridgehead atoms. The molecule has 2 rings (SSSR count). The molecule has 0 saturated heterocycles. The predicted molar refractivity (Wildman–Crippen MR) is 112 cm³/mol. The standard InChI is InChI=1S/C23H24N2O4/c1-17(26)24-14-4-2-3-11-22(27)25-21-10-6-8-19(16-21)13-12-18-7-5-9-20(15-18)23(28)29/h5-10,15-16H,2-4,11,14H2,1H3,(H,24,26)(H,25,27)(H,28,29). The van der Waals surface area contributed by atoms with Crippen LogP contribution in [0.5, 0.6) is 0 Å². The minimum Gasteiger partial charge on any atom is -0.478 e. The van der Waals surface area contributed by atoms with E-state index >= 15 is 0 Å². The van der Waals surface area contributed by atoms with Crippen LogP contribution in [0.1, 0.15) is 54.1 Å². The number of carbonyl (C=O) groups excluding carboxylic acids is 2. The molecule has 0 heterocycles. The maximum atomic E-state index is 12.1. The number of anilines is 1. The molecule has 2 aromatic rings. The van der Waals surface area contributed by atoms with Crippen LogP contribution >= 0.6 is 0 Å². The molecule has 0 saturated carbocycles. The van der Waals surface area contributed by atoms with Crippen LogP contribution in [0, 0.1) is 11.8 Å². The molecule has 6 nitrogen and oxygen atoms in total. The molecule has 0 aliphatic rings. The van der Waals surface area contributed by atoms with Gasteiger partial charge >= 0.3 is 5.97 Å². The van der Waals surface area contributed by atoms with E-state index in [2.05, 4.69) is 22.5 Å². The van der Waals surface area contributed by atoms with Crippen LogP contribution in [0.4, 0.5) is 5.69 Å². The Morgan fingerprint density at radius 3 is 2.31 bits per heavy atom. The van der Waals surface area contributed by atoms with Gasteiger partial charge in [-0.15, -0.1) is 0 Å². The largest absolute Gasteiger partial charge is 0.478 e. The number of amides is 2. The molecule has 0 atom stereocenters. The zero-order valence-corrected chi connectivity index (χ0v) is 16.3. The SMILES string of the molecule is CC(=O)NCCCCCC(=O)Nc1cccc(C#Cc2cccc(C(=O)O)c2)c1. The third-order valence-electron chi connectivity index (χ3n) is 4.06. The maximum absolute atomic E-state index is 12.1. The Bertz CT molecular complexity index is 941. The summed E-state index contributed by atoms with van der Waals surface area (Å²) < 4.78 is 0. The van der Waals surface area contributed by atoms with E-state index in [1.807, 2.05) is 6.07 Å². The Morgan fingerprint density at radius 1 is 0.931 bits per heavy atom. The van der Waals surface area contributed by atoms with Crippen molar-refractivity contribution in [3.63, 3.8) is 0 Å². The summed E-state index contributed by atoms with van der Waals surface area (Å²) in [7, 11) is 0. The summed E-state index contributed by atoms with van der Waals surface area (Å²) in [5.74, 6) is 4.83. The van der Waals surface area contributed by atoms with Crippen LogP contribution in [0.25, 0.3) is 0 Å². The molecule has 2 aromatic carbocycles. The Hall–Kier alpha value is -3.59. The van der Waals surface area contributed by atoms with Crippen molar-refractivity contribution in [3.8, 4) is 11.8 Å². The molecule has 2 amide bonds. The summed E-state index contributed by atoms with van der Waals surface area (Å²) in [6, 6.07) is 13.6. The zero-order valence-electron chi connectivity index (χ0n) is 16.3. The third-order valence-corrected chi connectivity index (χ3v) is 4.06. The van der Waals surface area contributed by atoms with Crippen LogP contribution < -0.4 is 10.6 Å². The maximum Gasteiger partial charge on any atom is 0.335 e. The molecule has 0 spiro atoms. The van der Waals surface area contributed by atoms with E-state index in [4.69, 9.17) is 5.11 Å². The number of carbonyl (C=O) groups is 3. The van der Waals surface area contributed by atoms with Gasteiger partial charge < -0.3 is 15.7 Å². The van der Waals surface area contributed by atoms with Crippen LogP contribution in [0.3, 0.4) is 0 Å². The summed E-state index contributed by atoms with van der Waals surface area (Å²) in [6.07, 6.45) is 2.89. The fraction of sp³-hybridized carbons (Fsp3) is 0.261. The third kappa shape index (κ3) is 8.31. The summed E-state index contributed by atoms with van der Waals surface area (Å²) in [6.45, 7) is 2.12. The molecule has 150 valence electrons. The van der Waals surface area contributed by atoms with Gasteiger partial charge in [0.05, 0.1) is 5.56 Å². The quantitative estimate of drug-likeness (QED) is 0.474. The lowest BCUT2D eigenvalue weighted by molar-refractivity contribution is -0.119. The molecule has 0 aromatic heterocycles. The van der Waals surface area contributed by atoms with Crippen LogP contribution in [-0.2, 0) is 9.59 Å². The van der Waals surface area contributed by atoms with E-state index in [-0.39, 0.29) is 17.4 Å². The van der Waals surface area contributed by atoms with Crippen molar-refractivity contribution < 1.29 is 19.5 Å². The number of rotatable bonds is 8. The zero-order chi connectivity index (χ0) is 21.1. The van der Waals surface area contributed by atoms with Crippen molar-refractivity contribution in [2.24, 2.45) is 0 Å². The number of nitrogens with one attached hydrogen (secondary N) is 2. The predicted octanol–water partition coefficient (Wildman–Crippen LogP) is 3.42. The van der Waals surface area contributed by atoms with Gasteiger partial charge in [-0.25, -0.2) is 4.79 Å². The van der Waals surface area contributed by atoms with Crippen molar-refractivity contribution in [2.45, 2.75) is 32.6 Å². The van der Waals surface area contributed by atoms with E-state index in [9.17, 15) is 14.4 Å². The first-order valence-corrected chi connectivity index (χ1v) is 9.44. The lowest BCUT2D eigenvalue weighted by Crippen LogP contribution is -2.20. The van der Waals surface area contributed by atoms with E-state index < -0.39 is 5.97 Å². The molecule has 0 aliphatic carbocycles. The van der Waals surface area contributed by atoms with Gasteiger partial charge in [0.1, 0.15) is 0 Å². The molecule has 29 heavy (non-hydrogen) atoms. The molecule has 0 unspecified atom stereocenters. The summed E-state index contributed by atoms with van der Waals surface area (Å²) >= 11 is 0. The van der Waals surface area contributed by atoms with E-state index in [0.29, 0.717) is 24.2 Å². The highest BCUT2D eigenvalue weighted by molar-refractivity contribution is 5.91.